The number of aromatic nitrogens is 2. The lowest BCUT2D eigenvalue weighted by molar-refractivity contribution is 0.253. The molecule has 5 heteroatoms. The van der Waals surface area contributed by atoms with Gasteiger partial charge in [0.2, 0.25) is 5.13 Å². The van der Waals surface area contributed by atoms with E-state index in [-0.39, 0.29) is 0 Å². The van der Waals surface area contributed by atoms with Crippen LogP contribution in [0.2, 0.25) is 0 Å². The maximum atomic E-state index is 8.97. The van der Waals surface area contributed by atoms with Crippen molar-refractivity contribution in [3.8, 4) is 0 Å². The minimum Gasteiger partial charge on any atom is -0.396 e. The Kier molecular flexibility index (Phi) is 2.59. The number of hydrogen-bond acceptors (Lipinski definition) is 5. The van der Waals surface area contributed by atoms with Crippen molar-refractivity contribution in [3.05, 3.63) is 5.82 Å². The minimum absolute atomic E-state index is 0.297. The van der Waals surface area contributed by atoms with Crippen molar-refractivity contribution in [2.45, 2.75) is 38.0 Å². The van der Waals surface area contributed by atoms with Crippen LogP contribution in [0, 0.1) is 5.41 Å². The Hall–Kier alpha value is -0.680. The Bertz CT molecular complexity index is 371. The SMILES string of the molecule is OCCC1(CNc2nc(C3CC3)ns2)CC1. The van der Waals surface area contributed by atoms with Gasteiger partial charge in [0.1, 0.15) is 5.82 Å². The lowest BCUT2D eigenvalue weighted by Crippen LogP contribution is -2.16. The van der Waals surface area contributed by atoms with E-state index in [9.17, 15) is 0 Å². The fourth-order valence-electron chi connectivity index (χ4n) is 2.01. The standard InChI is InChI=1S/C11H17N3OS/c15-6-5-11(3-4-11)7-12-10-13-9(14-16-10)8-1-2-8/h8,15H,1-7H2,(H,12,13,14). The summed E-state index contributed by atoms with van der Waals surface area (Å²) in [5.41, 5.74) is 0.347. The molecule has 16 heavy (non-hydrogen) atoms. The molecule has 0 atom stereocenters. The van der Waals surface area contributed by atoms with Gasteiger partial charge in [0.15, 0.2) is 0 Å². The Labute approximate surface area is 99.3 Å². The Morgan fingerprint density at radius 1 is 1.44 bits per heavy atom. The summed E-state index contributed by atoms with van der Waals surface area (Å²) in [6.07, 6.45) is 5.88. The first kappa shape index (κ1) is 10.5. The molecule has 2 aliphatic rings. The van der Waals surface area contributed by atoms with Gasteiger partial charge in [-0.05, 0) is 37.5 Å². The summed E-state index contributed by atoms with van der Waals surface area (Å²) in [5.74, 6) is 1.67. The van der Waals surface area contributed by atoms with Gasteiger partial charge in [-0.25, -0.2) is 4.98 Å². The second-order valence-electron chi connectivity index (χ2n) is 5.06. The van der Waals surface area contributed by atoms with Gasteiger partial charge in [0, 0.05) is 30.6 Å². The molecule has 1 aromatic rings. The van der Waals surface area contributed by atoms with Gasteiger partial charge >= 0.3 is 0 Å². The van der Waals surface area contributed by atoms with Crippen molar-refractivity contribution in [1.29, 1.82) is 0 Å². The lowest BCUT2D eigenvalue weighted by atomic mass is 10.0. The van der Waals surface area contributed by atoms with E-state index < -0.39 is 0 Å². The molecule has 0 amide bonds. The molecule has 2 aliphatic carbocycles. The molecule has 1 aromatic heterocycles. The summed E-state index contributed by atoms with van der Waals surface area (Å²) in [7, 11) is 0. The number of hydrogen-bond donors (Lipinski definition) is 2. The number of nitrogens with one attached hydrogen (secondary N) is 1. The maximum absolute atomic E-state index is 8.97. The Balaban J connectivity index is 1.53. The quantitative estimate of drug-likeness (QED) is 0.797. The van der Waals surface area contributed by atoms with Gasteiger partial charge in [-0.3, -0.25) is 0 Å². The van der Waals surface area contributed by atoms with E-state index in [1.165, 1.54) is 37.2 Å². The van der Waals surface area contributed by atoms with Crippen LogP contribution in [0.3, 0.4) is 0 Å². The zero-order valence-electron chi connectivity index (χ0n) is 9.28. The van der Waals surface area contributed by atoms with E-state index in [1.807, 2.05) is 0 Å². The van der Waals surface area contributed by atoms with Crippen LogP contribution in [-0.4, -0.2) is 27.6 Å². The molecule has 3 rings (SSSR count). The normalized spacial score (nSPS) is 22.1. The lowest BCUT2D eigenvalue weighted by Gasteiger charge is -2.13. The number of rotatable bonds is 6. The number of anilines is 1. The topological polar surface area (TPSA) is 58.0 Å². The van der Waals surface area contributed by atoms with E-state index in [0.717, 1.165) is 23.9 Å². The van der Waals surface area contributed by atoms with E-state index in [0.29, 0.717) is 17.9 Å². The molecular weight excluding hydrogens is 222 g/mol. The van der Waals surface area contributed by atoms with E-state index in [1.54, 1.807) is 0 Å². The van der Waals surface area contributed by atoms with Crippen molar-refractivity contribution >= 4 is 16.7 Å². The molecule has 0 aromatic carbocycles. The van der Waals surface area contributed by atoms with Crippen molar-refractivity contribution in [2.75, 3.05) is 18.5 Å². The summed E-state index contributed by atoms with van der Waals surface area (Å²) in [5, 5.41) is 13.3. The van der Waals surface area contributed by atoms with Gasteiger partial charge in [-0.15, -0.1) is 0 Å². The van der Waals surface area contributed by atoms with Crippen LogP contribution in [-0.2, 0) is 0 Å². The van der Waals surface area contributed by atoms with Crippen molar-refractivity contribution in [2.24, 2.45) is 5.41 Å². The average molecular weight is 239 g/mol. The number of aliphatic hydroxyl groups excluding tert-OH is 1. The van der Waals surface area contributed by atoms with Crippen LogP contribution in [0.1, 0.15) is 43.8 Å². The molecule has 0 radical (unpaired) electrons. The van der Waals surface area contributed by atoms with E-state index in [2.05, 4.69) is 14.7 Å². The largest absolute Gasteiger partial charge is 0.396 e. The third kappa shape index (κ3) is 2.20. The monoisotopic (exact) mass is 239 g/mol. The highest BCUT2D eigenvalue weighted by molar-refractivity contribution is 7.09. The second-order valence-corrected chi connectivity index (χ2v) is 5.81. The summed E-state index contributed by atoms with van der Waals surface area (Å²) in [4.78, 5) is 4.50. The van der Waals surface area contributed by atoms with Crippen LogP contribution in [0.15, 0.2) is 0 Å². The van der Waals surface area contributed by atoms with Crippen molar-refractivity contribution < 1.29 is 5.11 Å². The molecule has 0 bridgehead atoms. The first-order chi connectivity index (χ1) is 7.81. The fraction of sp³-hybridized carbons (Fsp3) is 0.818. The van der Waals surface area contributed by atoms with Crippen molar-refractivity contribution in [1.82, 2.24) is 9.36 Å². The molecular formula is C11H17N3OS. The molecule has 0 aliphatic heterocycles. The molecule has 0 spiro atoms. The van der Waals surface area contributed by atoms with Crippen LogP contribution >= 0.6 is 11.5 Å². The molecule has 2 saturated carbocycles. The fourth-order valence-corrected chi connectivity index (χ4v) is 2.65. The zero-order valence-corrected chi connectivity index (χ0v) is 10.1. The van der Waals surface area contributed by atoms with E-state index >= 15 is 0 Å². The Morgan fingerprint density at radius 3 is 2.88 bits per heavy atom. The smallest absolute Gasteiger partial charge is 0.202 e. The molecule has 2 N–H and O–H groups in total. The summed E-state index contributed by atoms with van der Waals surface area (Å²) >= 11 is 1.47. The minimum atomic E-state index is 0.297. The molecule has 2 fully saturated rings. The van der Waals surface area contributed by atoms with Gasteiger partial charge < -0.3 is 10.4 Å². The average Bonchev–Trinajstić information content (AvgIpc) is 3.20. The predicted molar refractivity (Wildman–Crippen MR) is 63.7 cm³/mol. The summed E-state index contributed by atoms with van der Waals surface area (Å²) < 4.78 is 4.36. The zero-order chi connectivity index (χ0) is 11.0. The van der Waals surface area contributed by atoms with Crippen LogP contribution in [0.4, 0.5) is 5.13 Å². The molecule has 1 heterocycles. The van der Waals surface area contributed by atoms with Gasteiger partial charge in [-0.1, -0.05) is 0 Å². The van der Waals surface area contributed by atoms with Crippen LogP contribution in [0.5, 0.6) is 0 Å². The predicted octanol–water partition coefficient (Wildman–Crippen LogP) is 1.99. The number of nitrogens with zero attached hydrogens (tertiary/aromatic N) is 2. The third-order valence-corrected chi connectivity index (χ3v) is 4.28. The summed E-state index contributed by atoms with van der Waals surface area (Å²) in [6.45, 7) is 1.23. The highest BCUT2D eigenvalue weighted by Crippen LogP contribution is 2.48. The second kappa shape index (κ2) is 3.96. The summed E-state index contributed by atoms with van der Waals surface area (Å²) in [6, 6.07) is 0. The first-order valence-corrected chi connectivity index (χ1v) is 6.77. The van der Waals surface area contributed by atoms with Crippen LogP contribution < -0.4 is 5.32 Å². The first-order valence-electron chi connectivity index (χ1n) is 6.00. The Morgan fingerprint density at radius 2 is 2.25 bits per heavy atom. The van der Waals surface area contributed by atoms with E-state index in [4.69, 9.17) is 5.11 Å². The van der Waals surface area contributed by atoms with Crippen molar-refractivity contribution in [3.63, 3.8) is 0 Å². The van der Waals surface area contributed by atoms with Gasteiger partial charge in [0.05, 0.1) is 0 Å². The maximum Gasteiger partial charge on any atom is 0.202 e. The highest BCUT2D eigenvalue weighted by Gasteiger charge is 2.41. The molecule has 0 unspecified atom stereocenters. The van der Waals surface area contributed by atoms with Crippen LogP contribution in [0.25, 0.3) is 0 Å². The third-order valence-electron chi connectivity index (χ3n) is 3.60. The molecule has 88 valence electrons. The van der Waals surface area contributed by atoms with Gasteiger partial charge in [0.25, 0.3) is 0 Å². The molecule has 4 nitrogen and oxygen atoms in total. The highest BCUT2D eigenvalue weighted by atomic mass is 32.1. The number of aliphatic hydroxyl groups is 1. The van der Waals surface area contributed by atoms with Gasteiger partial charge in [-0.2, -0.15) is 4.37 Å². The molecule has 0 saturated heterocycles.